The van der Waals surface area contributed by atoms with Crippen molar-refractivity contribution in [1.82, 2.24) is 0 Å². The van der Waals surface area contributed by atoms with Crippen LogP contribution in [-0.2, 0) is 0 Å². The first-order valence-electron chi connectivity index (χ1n) is 4.44. The highest BCUT2D eigenvalue weighted by atomic mass is 14.6. The molecule has 0 amide bonds. The van der Waals surface area contributed by atoms with Crippen molar-refractivity contribution in [2.45, 2.75) is 39.5 Å². The van der Waals surface area contributed by atoms with Gasteiger partial charge in [-0.25, -0.2) is 0 Å². The molecule has 0 aromatic heterocycles. The molecule has 11 heavy (non-hydrogen) atoms. The topological polar surface area (TPSA) is 26.0 Å². The molecule has 62 valence electrons. The second kappa shape index (κ2) is 3.61. The molecule has 1 aliphatic carbocycles. The van der Waals surface area contributed by atoms with Crippen molar-refractivity contribution < 1.29 is 0 Å². The average molecular weight is 151 g/mol. The number of nitrogens with two attached hydrogens (primary N) is 1. The monoisotopic (exact) mass is 151 g/mol. The van der Waals surface area contributed by atoms with E-state index in [9.17, 15) is 0 Å². The molecule has 0 aromatic carbocycles. The Morgan fingerprint density at radius 2 is 2.00 bits per heavy atom. The molecule has 0 radical (unpaired) electrons. The molecule has 0 atom stereocenters. The van der Waals surface area contributed by atoms with Gasteiger partial charge in [0.15, 0.2) is 0 Å². The molecule has 1 nitrogen and oxygen atoms in total. The Labute approximate surface area is 69.0 Å². The summed E-state index contributed by atoms with van der Waals surface area (Å²) in [7, 11) is 0. The largest absolute Gasteiger partial charge is 0.399 e. The molecule has 0 saturated carbocycles. The summed E-state index contributed by atoms with van der Waals surface area (Å²) in [5, 5.41) is 0. The molecular weight excluding hydrogens is 134 g/mol. The van der Waals surface area contributed by atoms with Crippen LogP contribution in [0.3, 0.4) is 0 Å². The van der Waals surface area contributed by atoms with E-state index in [1.165, 1.54) is 24.0 Å². The Hall–Kier alpha value is -0.720. The second-order valence-corrected chi connectivity index (χ2v) is 3.07. The first-order chi connectivity index (χ1) is 5.27. The van der Waals surface area contributed by atoms with Crippen LogP contribution in [-0.4, -0.2) is 0 Å². The minimum atomic E-state index is 1.02. The van der Waals surface area contributed by atoms with E-state index < -0.39 is 0 Å². The third-order valence-corrected chi connectivity index (χ3v) is 2.40. The number of allylic oxidation sites excluding steroid dienone is 3. The van der Waals surface area contributed by atoms with Gasteiger partial charge in [-0.2, -0.15) is 0 Å². The fourth-order valence-corrected chi connectivity index (χ4v) is 1.51. The molecular formula is C10H17N. The molecule has 1 rings (SSSR count). The molecule has 2 N–H and O–H groups in total. The summed E-state index contributed by atoms with van der Waals surface area (Å²) in [6.07, 6.45) is 6.82. The summed E-state index contributed by atoms with van der Waals surface area (Å²) in [6, 6.07) is 0. The summed E-state index contributed by atoms with van der Waals surface area (Å²) < 4.78 is 0. The third-order valence-electron chi connectivity index (χ3n) is 2.40. The maximum Gasteiger partial charge on any atom is 0.0305 e. The van der Waals surface area contributed by atoms with Crippen LogP contribution in [0.25, 0.3) is 0 Å². The first kappa shape index (κ1) is 8.38. The van der Waals surface area contributed by atoms with Crippen LogP contribution >= 0.6 is 0 Å². The SMILES string of the molecule is CCC1=CC(N)=C(CC)CC1. The maximum absolute atomic E-state index is 5.86. The van der Waals surface area contributed by atoms with Gasteiger partial charge in [0.1, 0.15) is 0 Å². The quantitative estimate of drug-likeness (QED) is 0.645. The molecule has 1 heteroatoms. The van der Waals surface area contributed by atoms with Gasteiger partial charge in [0.25, 0.3) is 0 Å². The molecule has 0 saturated heterocycles. The van der Waals surface area contributed by atoms with Gasteiger partial charge in [-0.15, -0.1) is 0 Å². The lowest BCUT2D eigenvalue weighted by Crippen LogP contribution is -2.05. The fraction of sp³-hybridized carbons (Fsp3) is 0.600. The van der Waals surface area contributed by atoms with E-state index >= 15 is 0 Å². The molecule has 0 aliphatic heterocycles. The average Bonchev–Trinajstić information content (AvgIpc) is 2.04. The lowest BCUT2D eigenvalue weighted by Gasteiger charge is -2.15. The molecule has 0 spiro atoms. The van der Waals surface area contributed by atoms with Crippen molar-refractivity contribution >= 4 is 0 Å². The maximum atomic E-state index is 5.86. The predicted octanol–water partition coefficient (Wildman–Crippen LogP) is 2.74. The van der Waals surface area contributed by atoms with Crippen LogP contribution < -0.4 is 5.73 Å². The predicted molar refractivity (Wildman–Crippen MR) is 49.1 cm³/mol. The van der Waals surface area contributed by atoms with E-state index in [4.69, 9.17) is 5.73 Å². The van der Waals surface area contributed by atoms with Gasteiger partial charge in [0, 0.05) is 5.70 Å². The van der Waals surface area contributed by atoms with Gasteiger partial charge in [-0.05, 0) is 37.3 Å². The smallest absolute Gasteiger partial charge is 0.0305 e. The van der Waals surface area contributed by atoms with Crippen molar-refractivity contribution in [3.05, 3.63) is 22.9 Å². The molecule has 0 aromatic rings. The molecule has 1 aliphatic rings. The Morgan fingerprint density at radius 3 is 2.45 bits per heavy atom. The number of hydrogen-bond donors (Lipinski definition) is 1. The zero-order valence-electron chi connectivity index (χ0n) is 7.48. The van der Waals surface area contributed by atoms with Crippen molar-refractivity contribution in [3.8, 4) is 0 Å². The summed E-state index contributed by atoms with van der Waals surface area (Å²) in [5.74, 6) is 0. The first-order valence-corrected chi connectivity index (χ1v) is 4.44. The van der Waals surface area contributed by atoms with Crippen molar-refractivity contribution in [2.75, 3.05) is 0 Å². The normalized spacial score (nSPS) is 18.5. The summed E-state index contributed by atoms with van der Waals surface area (Å²) in [5.41, 5.74) is 9.81. The van der Waals surface area contributed by atoms with E-state index in [2.05, 4.69) is 19.9 Å². The molecule has 0 unspecified atom stereocenters. The van der Waals surface area contributed by atoms with Gasteiger partial charge in [-0.1, -0.05) is 19.4 Å². The molecule has 0 fully saturated rings. The van der Waals surface area contributed by atoms with Crippen LogP contribution in [0.4, 0.5) is 0 Å². The standard InChI is InChI=1S/C10H17N/c1-3-8-5-6-9(4-2)10(11)7-8/h7H,3-6,11H2,1-2H3. The lowest BCUT2D eigenvalue weighted by atomic mass is 9.93. The molecule has 0 heterocycles. The van der Waals surface area contributed by atoms with Gasteiger partial charge in [-0.3, -0.25) is 0 Å². The van der Waals surface area contributed by atoms with Gasteiger partial charge >= 0.3 is 0 Å². The Balaban J connectivity index is 2.76. The minimum Gasteiger partial charge on any atom is -0.399 e. The third kappa shape index (κ3) is 1.86. The zero-order valence-corrected chi connectivity index (χ0v) is 7.48. The van der Waals surface area contributed by atoms with Gasteiger partial charge < -0.3 is 5.73 Å². The Bertz CT molecular complexity index is 199. The fourth-order valence-electron chi connectivity index (χ4n) is 1.51. The summed E-state index contributed by atoms with van der Waals surface area (Å²) in [4.78, 5) is 0. The van der Waals surface area contributed by atoms with Gasteiger partial charge in [0.2, 0.25) is 0 Å². The Kier molecular flexibility index (Phi) is 2.75. The summed E-state index contributed by atoms with van der Waals surface area (Å²) in [6.45, 7) is 4.36. The Morgan fingerprint density at radius 1 is 1.27 bits per heavy atom. The van der Waals surface area contributed by atoms with Crippen LogP contribution in [0.2, 0.25) is 0 Å². The van der Waals surface area contributed by atoms with Crippen LogP contribution in [0.5, 0.6) is 0 Å². The van der Waals surface area contributed by atoms with E-state index in [-0.39, 0.29) is 0 Å². The minimum absolute atomic E-state index is 1.02. The lowest BCUT2D eigenvalue weighted by molar-refractivity contribution is 0.805. The highest BCUT2D eigenvalue weighted by Gasteiger charge is 2.07. The van der Waals surface area contributed by atoms with Crippen molar-refractivity contribution in [3.63, 3.8) is 0 Å². The van der Waals surface area contributed by atoms with Crippen molar-refractivity contribution in [2.24, 2.45) is 5.73 Å². The van der Waals surface area contributed by atoms with E-state index in [0.717, 1.165) is 18.5 Å². The van der Waals surface area contributed by atoms with Crippen molar-refractivity contribution in [1.29, 1.82) is 0 Å². The highest BCUT2D eigenvalue weighted by molar-refractivity contribution is 5.30. The number of hydrogen-bond acceptors (Lipinski definition) is 1. The van der Waals surface area contributed by atoms with Gasteiger partial charge in [0.05, 0.1) is 0 Å². The second-order valence-electron chi connectivity index (χ2n) is 3.07. The van der Waals surface area contributed by atoms with E-state index in [0.29, 0.717) is 0 Å². The van der Waals surface area contributed by atoms with E-state index in [1.54, 1.807) is 0 Å². The van der Waals surface area contributed by atoms with E-state index in [1.807, 2.05) is 0 Å². The van der Waals surface area contributed by atoms with Crippen LogP contribution in [0, 0.1) is 0 Å². The highest BCUT2D eigenvalue weighted by Crippen LogP contribution is 2.24. The van der Waals surface area contributed by atoms with Crippen LogP contribution in [0.1, 0.15) is 39.5 Å². The zero-order chi connectivity index (χ0) is 8.27. The molecule has 0 bridgehead atoms. The van der Waals surface area contributed by atoms with Crippen LogP contribution in [0.15, 0.2) is 22.9 Å². The summed E-state index contributed by atoms with van der Waals surface area (Å²) >= 11 is 0. The number of rotatable bonds is 2.